The number of rotatable bonds is 8. The van der Waals surface area contributed by atoms with Crippen molar-refractivity contribution in [1.82, 2.24) is 0 Å². The summed E-state index contributed by atoms with van der Waals surface area (Å²) < 4.78 is 11.4. The molecular weight excluding hydrogens is 314 g/mol. The van der Waals surface area contributed by atoms with Gasteiger partial charge < -0.3 is 14.4 Å². The summed E-state index contributed by atoms with van der Waals surface area (Å²) >= 11 is 0. The van der Waals surface area contributed by atoms with E-state index >= 15 is 0 Å². The second-order valence-corrected chi connectivity index (χ2v) is 6.46. The van der Waals surface area contributed by atoms with Gasteiger partial charge in [0.1, 0.15) is 18.5 Å². The van der Waals surface area contributed by atoms with Crippen LogP contribution in [0.25, 0.3) is 0 Å². The van der Waals surface area contributed by atoms with E-state index in [1.165, 1.54) is 11.3 Å². The minimum absolute atomic E-state index is 0.0663. The summed E-state index contributed by atoms with van der Waals surface area (Å²) in [7, 11) is 0. The highest BCUT2D eigenvalue weighted by atomic mass is 16.5. The fourth-order valence-electron chi connectivity index (χ4n) is 3.03. The quantitative estimate of drug-likeness (QED) is 0.690. The molecule has 1 saturated heterocycles. The van der Waals surface area contributed by atoms with Crippen molar-refractivity contribution in [3.05, 3.63) is 60.2 Å². The summed E-state index contributed by atoms with van der Waals surface area (Å²) in [5.41, 5.74) is 2.45. The van der Waals surface area contributed by atoms with Crippen molar-refractivity contribution in [2.75, 3.05) is 31.2 Å². The molecule has 0 aromatic heterocycles. The Kier molecular flexibility index (Phi) is 6.07. The average molecular weight is 339 g/mol. The third kappa shape index (κ3) is 5.33. The van der Waals surface area contributed by atoms with Gasteiger partial charge in [0, 0.05) is 18.7 Å². The number of carbonyl (C=O) groups is 1. The molecule has 1 aliphatic heterocycles. The number of nitrogens with zero attached hydrogens (tertiary/aromatic N) is 1. The third-order valence-corrected chi connectivity index (χ3v) is 4.33. The number of Topliss-reactive ketones (excluding diaryl/α,β-unsaturated/α-hetero) is 1. The molecule has 0 spiro atoms. The van der Waals surface area contributed by atoms with E-state index in [1.807, 2.05) is 30.3 Å². The van der Waals surface area contributed by atoms with E-state index in [0.29, 0.717) is 6.61 Å². The second-order valence-electron chi connectivity index (χ2n) is 6.46. The minimum atomic E-state index is 0.0663. The van der Waals surface area contributed by atoms with Gasteiger partial charge in [0.05, 0.1) is 13.2 Å². The number of ketones is 1. The van der Waals surface area contributed by atoms with Crippen LogP contribution in [0.15, 0.2) is 54.6 Å². The second kappa shape index (κ2) is 8.67. The Balaban J connectivity index is 1.47. The van der Waals surface area contributed by atoms with Crippen molar-refractivity contribution in [2.24, 2.45) is 0 Å². The number of hydrogen-bond donors (Lipinski definition) is 0. The van der Waals surface area contributed by atoms with Crippen molar-refractivity contribution in [2.45, 2.75) is 25.9 Å². The van der Waals surface area contributed by atoms with Crippen molar-refractivity contribution < 1.29 is 14.3 Å². The van der Waals surface area contributed by atoms with Crippen molar-refractivity contribution in [1.29, 1.82) is 0 Å². The van der Waals surface area contributed by atoms with E-state index in [2.05, 4.69) is 29.2 Å². The van der Waals surface area contributed by atoms with Gasteiger partial charge in [-0.25, -0.2) is 0 Å². The number of anilines is 1. The molecular formula is C21H25NO3. The SMILES string of the molecule is CC(=O)COCCc1ccc(N2CCC(Oc3ccccc3)C2)cc1. The Hall–Kier alpha value is -2.33. The molecule has 1 atom stereocenters. The Morgan fingerprint density at radius 3 is 2.60 bits per heavy atom. The van der Waals surface area contributed by atoms with Crippen LogP contribution in [0.4, 0.5) is 5.69 Å². The predicted molar refractivity (Wildman–Crippen MR) is 99.3 cm³/mol. The average Bonchev–Trinajstić information content (AvgIpc) is 3.08. The van der Waals surface area contributed by atoms with E-state index in [4.69, 9.17) is 9.47 Å². The topological polar surface area (TPSA) is 38.8 Å². The number of benzene rings is 2. The van der Waals surface area contributed by atoms with Crippen molar-refractivity contribution in [3.8, 4) is 5.75 Å². The fourth-order valence-corrected chi connectivity index (χ4v) is 3.03. The molecule has 2 aromatic carbocycles. The van der Waals surface area contributed by atoms with E-state index in [-0.39, 0.29) is 18.5 Å². The zero-order chi connectivity index (χ0) is 17.5. The van der Waals surface area contributed by atoms with Crippen LogP contribution in [-0.4, -0.2) is 38.2 Å². The van der Waals surface area contributed by atoms with Gasteiger partial charge in [-0.1, -0.05) is 30.3 Å². The predicted octanol–water partition coefficient (Wildman–Crippen LogP) is 3.49. The smallest absolute Gasteiger partial charge is 0.155 e. The van der Waals surface area contributed by atoms with E-state index in [1.54, 1.807) is 6.92 Å². The van der Waals surface area contributed by atoms with Crippen LogP contribution >= 0.6 is 0 Å². The van der Waals surface area contributed by atoms with Gasteiger partial charge in [-0.15, -0.1) is 0 Å². The van der Waals surface area contributed by atoms with Gasteiger partial charge in [-0.05, 0) is 43.2 Å². The molecule has 0 aliphatic carbocycles. The maximum Gasteiger partial charge on any atom is 0.155 e. The molecule has 0 bridgehead atoms. The van der Waals surface area contributed by atoms with Crippen LogP contribution < -0.4 is 9.64 Å². The molecule has 1 aliphatic rings. The fraction of sp³-hybridized carbons (Fsp3) is 0.381. The molecule has 4 heteroatoms. The molecule has 2 aromatic rings. The maximum atomic E-state index is 10.8. The first-order valence-corrected chi connectivity index (χ1v) is 8.83. The molecule has 1 unspecified atom stereocenters. The monoisotopic (exact) mass is 339 g/mol. The molecule has 132 valence electrons. The summed E-state index contributed by atoms with van der Waals surface area (Å²) in [5.74, 6) is 1.01. The molecule has 0 amide bonds. The van der Waals surface area contributed by atoms with Crippen LogP contribution in [0.5, 0.6) is 5.75 Å². The lowest BCUT2D eigenvalue weighted by Crippen LogP contribution is -2.24. The lowest BCUT2D eigenvalue weighted by Gasteiger charge is -2.19. The van der Waals surface area contributed by atoms with E-state index in [9.17, 15) is 4.79 Å². The van der Waals surface area contributed by atoms with Gasteiger partial charge in [-0.2, -0.15) is 0 Å². The largest absolute Gasteiger partial charge is 0.489 e. The Bertz CT molecular complexity index is 669. The first-order valence-electron chi connectivity index (χ1n) is 8.83. The summed E-state index contributed by atoms with van der Waals surface area (Å²) in [6.45, 7) is 4.25. The molecule has 1 heterocycles. The highest BCUT2D eigenvalue weighted by Crippen LogP contribution is 2.24. The molecule has 25 heavy (non-hydrogen) atoms. The van der Waals surface area contributed by atoms with Crippen LogP contribution in [0.3, 0.4) is 0 Å². The Morgan fingerprint density at radius 2 is 1.88 bits per heavy atom. The van der Waals surface area contributed by atoms with Crippen molar-refractivity contribution >= 4 is 11.5 Å². The zero-order valence-electron chi connectivity index (χ0n) is 14.7. The summed E-state index contributed by atoms with van der Waals surface area (Å²) in [6, 6.07) is 18.6. The molecule has 4 nitrogen and oxygen atoms in total. The minimum Gasteiger partial charge on any atom is -0.489 e. The van der Waals surface area contributed by atoms with Gasteiger partial charge in [0.2, 0.25) is 0 Å². The highest BCUT2D eigenvalue weighted by molar-refractivity contribution is 5.76. The maximum absolute atomic E-state index is 10.8. The van der Waals surface area contributed by atoms with E-state index < -0.39 is 0 Å². The molecule has 0 saturated carbocycles. The van der Waals surface area contributed by atoms with Crippen LogP contribution in [0, 0.1) is 0 Å². The number of para-hydroxylation sites is 1. The lowest BCUT2D eigenvalue weighted by atomic mass is 10.1. The highest BCUT2D eigenvalue weighted by Gasteiger charge is 2.24. The summed E-state index contributed by atoms with van der Waals surface area (Å²) in [5, 5.41) is 0. The number of ether oxygens (including phenoxy) is 2. The van der Waals surface area contributed by atoms with Crippen LogP contribution in [0.2, 0.25) is 0 Å². The standard InChI is InChI=1S/C21H25NO3/c1-17(23)16-24-14-12-18-7-9-19(10-8-18)22-13-11-21(15-22)25-20-5-3-2-4-6-20/h2-10,21H,11-16H2,1H3. The lowest BCUT2D eigenvalue weighted by molar-refractivity contribution is -0.121. The van der Waals surface area contributed by atoms with Gasteiger partial charge in [0.25, 0.3) is 0 Å². The van der Waals surface area contributed by atoms with Crippen molar-refractivity contribution in [3.63, 3.8) is 0 Å². The number of carbonyl (C=O) groups excluding carboxylic acids is 1. The summed E-state index contributed by atoms with van der Waals surface area (Å²) in [6.07, 6.45) is 2.10. The molecule has 0 radical (unpaired) electrons. The summed E-state index contributed by atoms with van der Waals surface area (Å²) in [4.78, 5) is 13.2. The molecule has 0 N–H and O–H groups in total. The number of hydrogen-bond acceptors (Lipinski definition) is 4. The third-order valence-electron chi connectivity index (χ3n) is 4.33. The van der Waals surface area contributed by atoms with Gasteiger partial charge >= 0.3 is 0 Å². The van der Waals surface area contributed by atoms with E-state index in [0.717, 1.165) is 31.7 Å². The molecule has 1 fully saturated rings. The van der Waals surface area contributed by atoms with Gasteiger partial charge in [-0.3, -0.25) is 4.79 Å². The Morgan fingerprint density at radius 1 is 1.12 bits per heavy atom. The normalized spacial score (nSPS) is 16.8. The zero-order valence-corrected chi connectivity index (χ0v) is 14.7. The van der Waals surface area contributed by atoms with Crippen LogP contribution in [-0.2, 0) is 16.0 Å². The molecule has 3 rings (SSSR count). The van der Waals surface area contributed by atoms with Crippen LogP contribution in [0.1, 0.15) is 18.9 Å². The Labute approximate surface area is 149 Å². The first kappa shape index (κ1) is 17.5. The first-order chi connectivity index (χ1) is 12.2. The van der Waals surface area contributed by atoms with Gasteiger partial charge in [0.15, 0.2) is 5.78 Å².